The van der Waals surface area contributed by atoms with Gasteiger partial charge in [0.2, 0.25) is 0 Å². The Morgan fingerprint density at radius 1 is 1.18 bits per heavy atom. The van der Waals surface area contributed by atoms with Crippen LogP contribution < -0.4 is 10.6 Å². The highest BCUT2D eigenvalue weighted by Gasteiger charge is 2.22. The second-order valence-corrected chi connectivity index (χ2v) is 5.44. The van der Waals surface area contributed by atoms with Crippen LogP contribution in [0.2, 0.25) is 0 Å². The summed E-state index contributed by atoms with van der Waals surface area (Å²) in [6.07, 6.45) is 4.04. The number of aliphatic hydroxyl groups excluding tert-OH is 1. The highest BCUT2D eigenvalue weighted by molar-refractivity contribution is 5.80. The van der Waals surface area contributed by atoms with E-state index >= 15 is 0 Å². The second kappa shape index (κ2) is 7.13. The van der Waals surface area contributed by atoms with E-state index in [2.05, 4.69) is 15.6 Å². The number of hydrogen-bond acceptors (Lipinski definition) is 3. The summed E-state index contributed by atoms with van der Waals surface area (Å²) in [5.74, 6) is 1.66. The average Bonchev–Trinajstić information content (AvgIpc) is 3.21. The molecule has 1 fully saturated rings. The zero-order valence-electron chi connectivity index (χ0n) is 12.5. The lowest BCUT2D eigenvalue weighted by atomic mass is 10.1. The van der Waals surface area contributed by atoms with Crippen molar-refractivity contribution in [2.75, 3.05) is 0 Å². The van der Waals surface area contributed by atoms with Gasteiger partial charge in [-0.25, -0.2) is 4.99 Å². The Bertz CT molecular complexity index is 619. The van der Waals surface area contributed by atoms with Crippen molar-refractivity contribution in [3.05, 3.63) is 59.5 Å². The van der Waals surface area contributed by atoms with Crippen LogP contribution in [-0.4, -0.2) is 17.1 Å². The number of nitrogens with zero attached hydrogens (tertiary/aromatic N) is 1. The van der Waals surface area contributed by atoms with Crippen molar-refractivity contribution >= 4 is 5.96 Å². The number of benzene rings is 1. The molecule has 0 amide bonds. The zero-order valence-corrected chi connectivity index (χ0v) is 12.5. The Morgan fingerprint density at radius 3 is 2.68 bits per heavy atom. The summed E-state index contributed by atoms with van der Waals surface area (Å²) >= 11 is 0. The van der Waals surface area contributed by atoms with Gasteiger partial charge in [-0.05, 0) is 36.1 Å². The van der Waals surface area contributed by atoms with Gasteiger partial charge in [0.1, 0.15) is 5.76 Å². The lowest BCUT2D eigenvalue weighted by molar-refractivity contribution is 0.280. The van der Waals surface area contributed by atoms with Gasteiger partial charge < -0.3 is 20.2 Å². The van der Waals surface area contributed by atoms with Gasteiger partial charge in [-0.1, -0.05) is 24.3 Å². The minimum Gasteiger partial charge on any atom is -0.467 e. The molecule has 1 aliphatic carbocycles. The third-order valence-electron chi connectivity index (χ3n) is 3.62. The van der Waals surface area contributed by atoms with Crippen molar-refractivity contribution in [3.63, 3.8) is 0 Å². The van der Waals surface area contributed by atoms with Crippen LogP contribution in [0.15, 0.2) is 52.1 Å². The topological polar surface area (TPSA) is 69.8 Å². The fourth-order valence-electron chi connectivity index (χ4n) is 2.19. The number of guanidine groups is 1. The van der Waals surface area contributed by atoms with Gasteiger partial charge in [0.25, 0.3) is 0 Å². The van der Waals surface area contributed by atoms with E-state index in [4.69, 9.17) is 4.42 Å². The van der Waals surface area contributed by atoms with Crippen LogP contribution in [0.3, 0.4) is 0 Å². The molecule has 116 valence electrons. The Labute approximate surface area is 130 Å². The van der Waals surface area contributed by atoms with Gasteiger partial charge in [-0.2, -0.15) is 0 Å². The van der Waals surface area contributed by atoms with Crippen molar-refractivity contribution in [2.24, 2.45) is 4.99 Å². The van der Waals surface area contributed by atoms with Crippen molar-refractivity contribution < 1.29 is 9.52 Å². The molecule has 0 spiro atoms. The number of aliphatic imine (C=N–C) groups is 1. The van der Waals surface area contributed by atoms with E-state index in [1.165, 1.54) is 12.8 Å². The molecule has 0 bridgehead atoms. The third-order valence-corrected chi connectivity index (χ3v) is 3.62. The Morgan fingerprint density at radius 2 is 2.00 bits per heavy atom. The van der Waals surface area contributed by atoms with Crippen LogP contribution in [0.4, 0.5) is 0 Å². The van der Waals surface area contributed by atoms with E-state index in [1.54, 1.807) is 6.26 Å². The predicted molar refractivity (Wildman–Crippen MR) is 85.2 cm³/mol. The molecule has 1 heterocycles. The van der Waals surface area contributed by atoms with Crippen molar-refractivity contribution in [2.45, 2.75) is 38.6 Å². The molecular weight excluding hydrogens is 278 g/mol. The Balaban J connectivity index is 1.64. The third kappa shape index (κ3) is 4.11. The van der Waals surface area contributed by atoms with Gasteiger partial charge in [0, 0.05) is 6.04 Å². The maximum atomic E-state index is 9.38. The first kappa shape index (κ1) is 14.7. The van der Waals surface area contributed by atoms with Gasteiger partial charge in [0.05, 0.1) is 26.0 Å². The standard InChI is InChI=1S/C17H21N3O2/c21-12-14-5-2-1-4-13(14)10-18-17(20-15-7-8-15)19-11-16-6-3-9-22-16/h1-6,9,15,21H,7-8,10-12H2,(H2,18,19,20). The summed E-state index contributed by atoms with van der Waals surface area (Å²) in [6.45, 7) is 1.18. The summed E-state index contributed by atoms with van der Waals surface area (Å²) in [7, 11) is 0. The fraction of sp³-hybridized carbons (Fsp3) is 0.353. The molecular formula is C17H21N3O2. The monoisotopic (exact) mass is 299 g/mol. The molecule has 0 unspecified atom stereocenters. The van der Waals surface area contributed by atoms with Gasteiger partial charge in [0.15, 0.2) is 5.96 Å². The van der Waals surface area contributed by atoms with Gasteiger partial charge >= 0.3 is 0 Å². The van der Waals surface area contributed by atoms with Crippen LogP contribution >= 0.6 is 0 Å². The molecule has 3 rings (SSSR count). The van der Waals surface area contributed by atoms with Gasteiger partial charge in [-0.3, -0.25) is 0 Å². The largest absolute Gasteiger partial charge is 0.467 e. The van der Waals surface area contributed by atoms with Crippen LogP contribution in [0, 0.1) is 0 Å². The van der Waals surface area contributed by atoms with E-state index in [0.29, 0.717) is 19.1 Å². The molecule has 0 aliphatic heterocycles. The average molecular weight is 299 g/mol. The first-order valence-electron chi connectivity index (χ1n) is 7.60. The number of nitrogens with one attached hydrogen (secondary N) is 2. The molecule has 22 heavy (non-hydrogen) atoms. The lowest BCUT2D eigenvalue weighted by Crippen LogP contribution is -2.38. The molecule has 5 nitrogen and oxygen atoms in total. The quantitative estimate of drug-likeness (QED) is 0.565. The first-order chi connectivity index (χ1) is 10.8. The molecule has 0 saturated heterocycles. The molecule has 1 aliphatic rings. The highest BCUT2D eigenvalue weighted by Crippen LogP contribution is 2.18. The lowest BCUT2D eigenvalue weighted by Gasteiger charge is -2.12. The molecule has 1 aromatic carbocycles. The number of rotatable bonds is 6. The number of furan rings is 1. The van der Waals surface area contributed by atoms with E-state index in [9.17, 15) is 5.11 Å². The molecule has 3 N–H and O–H groups in total. The van der Waals surface area contributed by atoms with Crippen LogP contribution in [-0.2, 0) is 19.7 Å². The Kier molecular flexibility index (Phi) is 4.75. The maximum Gasteiger partial charge on any atom is 0.192 e. The Hall–Kier alpha value is -2.27. The summed E-state index contributed by atoms with van der Waals surface area (Å²) in [4.78, 5) is 4.62. The SMILES string of the molecule is OCc1ccccc1CN=C(NCc1ccco1)NC1CC1. The summed E-state index contributed by atoms with van der Waals surface area (Å²) in [6, 6.07) is 12.1. The summed E-state index contributed by atoms with van der Waals surface area (Å²) in [5.41, 5.74) is 1.96. The fourth-order valence-corrected chi connectivity index (χ4v) is 2.19. The minimum absolute atomic E-state index is 0.0386. The summed E-state index contributed by atoms with van der Waals surface area (Å²) < 4.78 is 5.33. The van der Waals surface area contributed by atoms with E-state index in [1.807, 2.05) is 36.4 Å². The molecule has 0 radical (unpaired) electrons. The first-order valence-corrected chi connectivity index (χ1v) is 7.60. The van der Waals surface area contributed by atoms with E-state index < -0.39 is 0 Å². The van der Waals surface area contributed by atoms with Crippen LogP contribution in [0.25, 0.3) is 0 Å². The number of hydrogen-bond donors (Lipinski definition) is 3. The molecule has 1 aromatic heterocycles. The minimum atomic E-state index is 0.0386. The van der Waals surface area contributed by atoms with Crippen LogP contribution in [0.1, 0.15) is 29.7 Å². The molecule has 5 heteroatoms. The molecule has 1 saturated carbocycles. The smallest absolute Gasteiger partial charge is 0.192 e. The van der Waals surface area contributed by atoms with Crippen LogP contribution in [0.5, 0.6) is 0 Å². The van der Waals surface area contributed by atoms with Gasteiger partial charge in [-0.15, -0.1) is 0 Å². The highest BCUT2D eigenvalue weighted by atomic mass is 16.3. The van der Waals surface area contributed by atoms with Crippen molar-refractivity contribution in [1.29, 1.82) is 0 Å². The zero-order chi connectivity index (χ0) is 15.2. The summed E-state index contributed by atoms with van der Waals surface area (Å²) in [5, 5.41) is 16.1. The maximum absolute atomic E-state index is 9.38. The van der Waals surface area contributed by atoms with E-state index in [-0.39, 0.29) is 6.61 Å². The molecule has 0 atom stereocenters. The molecule has 2 aromatic rings. The van der Waals surface area contributed by atoms with E-state index in [0.717, 1.165) is 22.8 Å². The van der Waals surface area contributed by atoms with Crippen molar-refractivity contribution in [3.8, 4) is 0 Å². The normalized spacial score (nSPS) is 14.9. The second-order valence-electron chi connectivity index (χ2n) is 5.44. The van der Waals surface area contributed by atoms with Crippen molar-refractivity contribution in [1.82, 2.24) is 10.6 Å². The number of aliphatic hydroxyl groups is 1. The predicted octanol–water partition coefficient (Wildman–Crippen LogP) is 2.17.